The molecular weight excluding hydrogens is 302 g/mol. The molecule has 2 saturated heterocycles. The predicted octanol–water partition coefficient (Wildman–Crippen LogP) is 1.39. The third-order valence-electron chi connectivity index (χ3n) is 4.94. The number of nitrogens with one attached hydrogen (secondary N) is 2. The van der Waals surface area contributed by atoms with Crippen LogP contribution in [-0.4, -0.2) is 56.2 Å². The maximum absolute atomic E-state index is 12.0. The van der Waals surface area contributed by atoms with Gasteiger partial charge < -0.3 is 15.4 Å². The van der Waals surface area contributed by atoms with Crippen LogP contribution in [0.25, 0.3) is 0 Å². The molecule has 1 aromatic carbocycles. The Morgan fingerprint density at radius 1 is 1.33 bits per heavy atom. The number of hydrogen-bond acceptors (Lipinski definition) is 4. The molecule has 1 aromatic rings. The Bertz CT molecular complexity index is 503. The minimum atomic E-state index is 0.0968. The number of morpholine rings is 1. The SMILES string of the molecule is O=C(CCC1CCNC1)NCC1CN(Cc2ccccc2)CCO1. The summed E-state index contributed by atoms with van der Waals surface area (Å²) in [5.41, 5.74) is 1.33. The van der Waals surface area contributed by atoms with E-state index in [4.69, 9.17) is 4.74 Å². The molecule has 1 amide bonds. The molecule has 2 fully saturated rings. The Kier molecular flexibility index (Phi) is 6.64. The zero-order valence-corrected chi connectivity index (χ0v) is 14.4. The van der Waals surface area contributed by atoms with E-state index in [0.29, 0.717) is 18.9 Å². The first-order valence-electron chi connectivity index (χ1n) is 9.15. The smallest absolute Gasteiger partial charge is 0.220 e. The minimum Gasteiger partial charge on any atom is -0.374 e. The lowest BCUT2D eigenvalue weighted by molar-refractivity contribution is -0.122. The van der Waals surface area contributed by atoms with Crippen LogP contribution >= 0.6 is 0 Å². The summed E-state index contributed by atoms with van der Waals surface area (Å²) in [6, 6.07) is 10.5. The van der Waals surface area contributed by atoms with Crippen LogP contribution in [0.3, 0.4) is 0 Å². The van der Waals surface area contributed by atoms with E-state index in [2.05, 4.69) is 39.8 Å². The second kappa shape index (κ2) is 9.16. The van der Waals surface area contributed by atoms with E-state index in [-0.39, 0.29) is 12.0 Å². The zero-order valence-electron chi connectivity index (χ0n) is 14.4. The number of nitrogens with zero attached hydrogens (tertiary/aromatic N) is 1. The average Bonchev–Trinajstić information content (AvgIpc) is 3.13. The van der Waals surface area contributed by atoms with E-state index >= 15 is 0 Å². The van der Waals surface area contributed by atoms with E-state index < -0.39 is 0 Å². The fraction of sp³-hybridized carbons (Fsp3) is 0.632. The number of benzene rings is 1. The summed E-state index contributed by atoms with van der Waals surface area (Å²) >= 11 is 0. The Morgan fingerprint density at radius 2 is 2.21 bits per heavy atom. The van der Waals surface area contributed by atoms with Gasteiger partial charge in [-0.2, -0.15) is 0 Å². The highest BCUT2D eigenvalue weighted by Gasteiger charge is 2.21. The first-order chi connectivity index (χ1) is 11.8. The molecule has 2 heterocycles. The first kappa shape index (κ1) is 17.4. The predicted molar refractivity (Wildman–Crippen MR) is 94.7 cm³/mol. The van der Waals surface area contributed by atoms with Crippen LogP contribution < -0.4 is 10.6 Å². The fourth-order valence-electron chi connectivity index (χ4n) is 3.50. The van der Waals surface area contributed by atoms with E-state index in [0.717, 1.165) is 45.8 Å². The molecule has 0 saturated carbocycles. The first-order valence-corrected chi connectivity index (χ1v) is 9.15. The van der Waals surface area contributed by atoms with Crippen LogP contribution in [-0.2, 0) is 16.1 Å². The molecule has 24 heavy (non-hydrogen) atoms. The van der Waals surface area contributed by atoms with Crippen molar-refractivity contribution in [1.29, 1.82) is 0 Å². The molecule has 0 radical (unpaired) electrons. The van der Waals surface area contributed by atoms with E-state index in [1.54, 1.807) is 0 Å². The van der Waals surface area contributed by atoms with Gasteiger partial charge in [-0.1, -0.05) is 30.3 Å². The van der Waals surface area contributed by atoms with Crippen LogP contribution in [0.5, 0.6) is 0 Å². The number of ether oxygens (including phenoxy) is 1. The third kappa shape index (κ3) is 5.58. The van der Waals surface area contributed by atoms with Crippen molar-refractivity contribution in [3.63, 3.8) is 0 Å². The quantitative estimate of drug-likeness (QED) is 0.793. The molecule has 132 valence electrons. The average molecular weight is 331 g/mol. The molecule has 0 spiro atoms. The maximum atomic E-state index is 12.0. The second-order valence-corrected chi connectivity index (χ2v) is 6.92. The monoisotopic (exact) mass is 331 g/mol. The molecule has 3 rings (SSSR count). The van der Waals surface area contributed by atoms with Crippen LogP contribution in [0.2, 0.25) is 0 Å². The highest BCUT2D eigenvalue weighted by molar-refractivity contribution is 5.75. The van der Waals surface area contributed by atoms with Gasteiger partial charge in [-0.05, 0) is 37.4 Å². The number of carbonyl (C=O) groups is 1. The zero-order chi connectivity index (χ0) is 16.6. The fourth-order valence-corrected chi connectivity index (χ4v) is 3.50. The van der Waals surface area contributed by atoms with Crippen molar-refractivity contribution >= 4 is 5.91 Å². The van der Waals surface area contributed by atoms with Crippen molar-refractivity contribution in [2.45, 2.75) is 31.9 Å². The molecule has 5 nitrogen and oxygen atoms in total. The van der Waals surface area contributed by atoms with Crippen LogP contribution in [0.1, 0.15) is 24.8 Å². The van der Waals surface area contributed by atoms with Crippen LogP contribution in [0.15, 0.2) is 30.3 Å². The lowest BCUT2D eigenvalue weighted by Crippen LogP contribution is -2.47. The van der Waals surface area contributed by atoms with Gasteiger partial charge in [0.1, 0.15) is 0 Å². The van der Waals surface area contributed by atoms with E-state index in [9.17, 15) is 4.79 Å². The summed E-state index contributed by atoms with van der Waals surface area (Å²) in [7, 11) is 0. The largest absolute Gasteiger partial charge is 0.374 e. The summed E-state index contributed by atoms with van der Waals surface area (Å²) < 4.78 is 5.81. The molecular formula is C19H29N3O2. The van der Waals surface area contributed by atoms with Gasteiger partial charge in [-0.25, -0.2) is 0 Å². The van der Waals surface area contributed by atoms with Crippen LogP contribution in [0.4, 0.5) is 0 Å². The Labute approximate surface area is 144 Å². The van der Waals surface area contributed by atoms with Crippen molar-refractivity contribution in [2.24, 2.45) is 5.92 Å². The summed E-state index contributed by atoms with van der Waals surface area (Å²) in [6.07, 6.45) is 2.92. The van der Waals surface area contributed by atoms with Gasteiger partial charge in [0.25, 0.3) is 0 Å². The molecule has 2 unspecified atom stereocenters. The van der Waals surface area contributed by atoms with E-state index in [1.165, 1.54) is 12.0 Å². The summed E-state index contributed by atoms with van der Waals surface area (Å²) in [5, 5.41) is 6.40. The Balaban J connectivity index is 1.35. The number of hydrogen-bond donors (Lipinski definition) is 2. The highest BCUT2D eigenvalue weighted by Crippen LogP contribution is 2.14. The molecule has 2 aliphatic heterocycles. The van der Waals surface area contributed by atoms with Crippen molar-refractivity contribution in [2.75, 3.05) is 39.3 Å². The van der Waals surface area contributed by atoms with Gasteiger partial charge in [0.05, 0.1) is 12.7 Å². The number of rotatable bonds is 7. The molecule has 2 N–H and O–H groups in total. The topological polar surface area (TPSA) is 53.6 Å². The van der Waals surface area contributed by atoms with Crippen molar-refractivity contribution in [1.82, 2.24) is 15.5 Å². The second-order valence-electron chi connectivity index (χ2n) is 6.92. The molecule has 2 aliphatic rings. The van der Waals surface area contributed by atoms with E-state index in [1.807, 2.05) is 6.07 Å². The maximum Gasteiger partial charge on any atom is 0.220 e. The molecule has 5 heteroatoms. The summed E-state index contributed by atoms with van der Waals surface area (Å²) in [6.45, 7) is 6.29. The van der Waals surface area contributed by atoms with Gasteiger partial charge in [-0.15, -0.1) is 0 Å². The molecule has 0 bridgehead atoms. The highest BCUT2D eigenvalue weighted by atomic mass is 16.5. The normalized spacial score (nSPS) is 24.8. The van der Waals surface area contributed by atoms with Gasteiger partial charge in [0.2, 0.25) is 5.91 Å². The molecule has 0 aromatic heterocycles. The van der Waals surface area contributed by atoms with Crippen molar-refractivity contribution < 1.29 is 9.53 Å². The van der Waals surface area contributed by atoms with Gasteiger partial charge >= 0.3 is 0 Å². The third-order valence-corrected chi connectivity index (χ3v) is 4.94. The van der Waals surface area contributed by atoms with Crippen molar-refractivity contribution in [3.05, 3.63) is 35.9 Å². The lowest BCUT2D eigenvalue weighted by Gasteiger charge is -2.33. The van der Waals surface area contributed by atoms with Gasteiger partial charge in [0, 0.05) is 32.6 Å². The molecule has 0 aliphatic carbocycles. The Hall–Kier alpha value is -1.43. The van der Waals surface area contributed by atoms with Gasteiger partial charge in [-0.3, -0.25) is 9.69 Å². The number of amides is 1. The van der Waals surface area contributed by atoms with Crippen LogP contribution in [0, 0.1) is 5.92 Å². The summed E-state index contributed by atoms with van der Waals surface area (Å²) in [5.74, 6) is 0.828. The number of carbonyl (C=O) groups excluding carboxylic acids is 1. The summed E-state index contributed by atoms with van der Waals surface area (Å²) in [4.78, 5) is 14.4. The molecule has 2 atom stereocenters. The Morgan fingerprint density at radius 3 is 3.00 bits per heavy atom. The van der Waals surface area contributed by atoms with Crippen molar-refractivity contribution in [3.8, 4) is 0 Å². The lowest BCUT2D eigenvalue weighted by atomic mass is 10.0. The minimum absolute atomic E-state index is 0.0968. The van der Waals surface area contributed by atoms with Gasteiger partial charge in [0.15, 0.2) is 0 Å². The standard InChI is InChI=1S/C19H29N3O2/c23-19(7-6-16-8-9-20-12-16)21-13-18-15-22(10-11-24-18)14-17-4-2-1-3-5-17/h1-5,16,18,20H,6-15H2,(H,21,23).